The Morgan fingerprint density at radius 2 is 1.93 bits per heavy atom. The second-order valence-electron chi connectivity index (χ2n) is 6.43. The highest BCUT2D eigenvalue weighted by atomic mass is 35.5. The fourth-order valence-corrected chi connectivity index (χ4v) is 3.08. The first-order chi connectivity index (χ1) is 13.4. The highest BCUT2D eigenvalue weighted by Gasteiger charge is 2.12. The van der Waals surface area contributed by atoms with E-state index in [4.69, 9.17) is 16.3 Å². The molecule has 0 radical (unpaired) electrons. The van der Waals surface area contributed by atoms with Crippen LogP contribution in [0.1, 0.15) is 11.1 Å². The van der Waals surface area contributed by atoms with Crippen molar-refractivity contribution in [2.24, 2.45) is 0 Å². The molecule has 3 aromatic rings. The Balaban J connectivity index is 1.85. The van der Waals surface area contributed by atoms with Crippen LogP contribution in [-0.2, 0) is 11.3 Å². The molecule has 0 aliphatic carbocycles. The van der Waals surface area contributed by atoms with Crippen molar-refractivity contribution in [3.05, 3.63) is 75.0 Å². The van der Waals surface area contributed by atoms with E-state index in [1.54, 1.807) is 24.3 Å². The number of nitrogens with zero attached hydrogens (tertiary/aromatic N) is 2. The Labute approximate surface area is 167 Å². The van der Waals surface area contributed by atoms with Crippen molar-refractivity contribution in [3.63, 3.8) is 0 Å². The Hall–Kier alpha value is -3.12. The van der Waals surface area contributed by atoms with Gasteiger partial charge in [-0.1, -0.05) is 35.4 Å². The van der Waals surface area contributed by atoms with E-state index in [-0.39, 0.29) is 12.1 Å². The number of carbonyl (C=O) groups is 1. The van der Waals surface area contributed by atoms with Gasteiger partial charge in [-0.25, -0.2) is 4.68 Å². The highest BCUT2D eigenvalue weighted by Crippen LogP contribution is 2.27. The molecule has 0 saturated carbocycles. The van der Waals surface area contributed by atoms with Crippen LogP contribution in [0.5, 0.6) is 5.75 Å². The number of nitrogens with one attached hydrogen (secondary N) is 1. The first-order valence-electron chi connectivity index (χ1n) is 8.66. The van der Waals surface area contributed by atoms with Gasteiger partial charge in [0.05, 0.1) is 18.5 Å². The number of ether oxygens (including phenoxy) is 1. The van der Waals surface area contributed by atoms with E-state index in [1.807, 2.05) is 32.0 Å². The van der Waals surface area contributed by atoms with E-state index < -0.39 is 5.91 Å². The average Bonchev–Trinajstić information content (AvgIpc) is 2.64. The van der Waals surface area contributed by atoms with Crippen LogP contribution in [0, 0.1) is 13.8 Å². The van der Waals surface area contributed by atoms with Crippen molar-refractivity contribution < 1.29 is 9.53 Å². The molecule has 0 atom stereocenters. The normalized spacial score (nSPS) is 10.6. The molecule has 0 bridgehead atoms. The van der Waals surface area contributed by atoms with Gasteiger partial charge in [-0.3, -0.25) is 9.59 Å². The topological polar surface area (TPSA) is 73.2 Å². The van der Waals surface area contributed by atoms with Crippen LogP contribution >= 0.6 is 11.6 Å². The van der Waals surface area contributed by atoms with Crippen LogP contribution in [0.2, 0.25) is 5.02 Å². The summed E-state index contributed by atoms with van der Waals surface area (Å²) in [6.45, 7) is 3.77. The molecule has 144 valence electrons. The van der Waals surface area contributed by atoms with E-state index in [2.05, 4.69) is 10.4 Å². The molecule has 0 saturated heterocycles. The highest BCUT2D eigenvalue weighted by molar-refractivity contribution is 6.31. The number of halogens is 1. The first kappa shape index (κ1) is 19.6. The molecule has 0 fully saturated rings. The molecular weight excluding hydrogens is 378 g/mol. The predicted molar refractivity (Wildman–Crippen MR) is 110 cm³/mol. The molecule has 0 spiro atoms. The summed E-state index contributed by atoms with van der Waals surface area (Å²) in [5.74, 6) is 0.0648. The summed E-state index contributed by atoms with van der Waals surface area (Å²) >= 11 is 5.98. The third kappa shape index (κ3) is 4.40. The van der Waals surface area contributed by atoms with Gasteiger partial charge in [-0.05, 0) is 43.7 Å². The molecule has 7 heteroatoms. The van der Waals surface area contributed by atoms with E-state index in [9.17, 15) is 9.59 Å². The van der Waals surface area contributed by atoms with Crippen LogP contribution in [0.15, 0.2) is 53.3 Å². The number of rotatable bonds is 5. The van der Waals surface area contributed by atoms with Gasteiger partial charge >= 0.3 is 0 Å². The van der Waals surface area contributed by atoms with E-state index in [1.165, 1.54) is 13.2 Å². The number of methoxy groups -OCH3 is 1. The Morgan fingerprint density at radius 3 is 2.64 bits per heavy atom. The molecule has 0 unspecified atom stereocenters. The van der Waals surface area contributed by atoms with Gasteiger partial charge in [0.15, 0.2) is 0 Å². The zero-order valence-corrected chi connectivity index (χ0v) is 16.6. The second kappa shape index (κ2) is 8.27. The molecule has 28 heavy (non-hydrogen) atoms. The zero-order chi connectivity index (χ0) is 20.3. The second-order valence-corrected chi connectivity index (χ2v) is 6.86. The number of hydrogen-bond acceptors (Lipinski definition) is 4. The minimum Gasteiger partial charge on any atom is -0.495 e. The van der Waals surface area contributed by atoms with Crippen molar-refractivity contribution >= 4 is 23.2 Å². The summed E-state index contributed by atoms with van der Waals surface area (Å²) in [6.07, 6.45) is 0. The van der Waals surface area contributed by atoms with Crippen molar-refractivity contribution in [2.45, 2.75) is 20.4 Å². The first-order valence-corrected chi connectivity index (χ1v) is 9.04. The molecule has 1 N–H and O–H groups in total. The van der Waals surface area contributed by atoms with Gasteiger partial charge in [-0.15, -0.1) is 0 Å². The van der Waals surface area contributed by atoms with Crippen molar-refractivity contribution in [1.29, 1.82) is 0 Å². The Bertz CT molecular complexity index is 1090. The molecule has 1 amide bonds. The van der Waals surface area contributed by atoms with Gasteiger partial charge in [-0.2, -0.15) is 5.10 Å². The molecule has 1 aromatic heterocycles. The van der Waals surface area contributed by atoms with Crippen molar-refractivity contribution in [1.82, 2.24) is 9.78 Å². The maximum atomic E-state index is 12.5. The Kier molecular flexibility index (Phi) is 5.80. The summed E-state index contributed by atoms with van der Waals surface area (Å²) in [5, 5.41) is 7.53. The van der Waals surface area contributed by atoms with E-state index in [0.717, 1.165) is 21.4 Å². The molecule has 6 nitrogen and oxygen atoms in total. The van der Waals surface area contributed by atoms with Gasteiger partial charge in [0.1, 0.15) is 12.3 Å². The minimum atomic E-state index is -0.409. The van der Waals surface area contributed by atoms with Crippen LogP contribution in [-0.4, -0.2) is 22.8 Å². The lowest BCUT2D eigenvalue weighted by molar-refractivity contribution is -0.117. The third-order valence-corrected chi connectivity index (χ3v) is 4.49. The minimum absolute atomic E-state index is 0.229. The van der Waals surface area contributed by atoms with Crippen molar-refractivity contribution in [2.75, 3.05) is 12.4 Å². The maximum Gasteiger partial charge on any atom is 0.267 e. The molecule has 0 aliphatic rings. The number of anilines is 1. The number of aryl methyl sites for hydroxylation is 2. The summed E-state index contributed by atoms with van der Waals surface area (Å²) in [5.41, 5.74) is 3.80. The maximum absolute atomic E-state index is 12.5. The zero-order valence-electron chi connectivity index (χ0n) is 15.8. The number of aromatic nitrogens is 2. The Morgan fingerprint density at radius 1 is 1.14 bits per heavy atom. The van der Waals surface area contributed by atoms with E-state index >= 15 is 0 Å². The van der Waals surface area contributed by atoms with Crippen LogP contribution in [0.3, 0.4) is 0 Å². The number of carbonyl (C=O) groups excluding carboxylic acids is 1. The summed E-state index contributed by atoms with van der Waals surface area (Å²) in [6, 6.07) is 14.0. The number of amides is 1. The average molecular weight is 398 g/mol. The summed E-state index contributed by atoms with van der Waals surface area (Å²) < 4.78 is 6.36. The fourth-order valence-electron chi connectivity index (χ4n) is 2.91. The number of benzene rings is 2. The van der Waals surface area contributed by atoms with Crippen LogP contribution in [0.4, 0.5) is 5.69 Å². The monoisotopic (exact) mass is 397 g/mol. The van der Waals surface area contributed by atoms with Gasteiger partial charge in [0.2, 0.25) is 5.91 Å². The summed E-state index contributed by atoms with van der Waals surface area (Å²) in [7, 11) is 1.50. The van der Waals surface area contributed by atoms with Gasteiger partial charge in [0.25, 0.3) is 5.56 Å². The lowest BCUT2D eigenvalue weighted by atomic mass is 10.0. The quantitative estimate of drug-likeness (QED) is 0.710. The number of hydrogen-bond donors (Lipinski definition) is 1. The molecule has 2 aromatic carbocycles. The lowest BCUT2D eigenvalue weighted by Gasteiger charge is -2.12. The lowest BCUT2D eigenvalue weighted by Crippen LogP contribution is -2.29. The fraction of sp³-hybridized carbons (Fsp3) is 0.190. The van der Waals surface area contributed by atoms with E-state index in [0.29, 0.717) is 22.2 Å². The molecule has 0 aliphatic heterocycles. The van der Waals surface area contributed by atoms with Gasteiger partial charge < -0.3 is 10.1 Å². The standard InChI is InChI=1S/C21H20ClN3O3/c1-13-4-6-16(14(2)10-13)17-7-9-21(27)25(24-17)12-20(26)23-18-11-15(22)5-8-19(18)28-3/h4-11H,12H2,1-3H3,(H,23,26). The molecule has 1 heterocycles. The smallest absolute Gasteiger partial charge is 0.267 e. The predicted octanol–water partition coefficient (Wildman–Crippen LogP) is 3.83. The SMILES string of the molecule is COc1ccc(Cl)cc1NC(=O)Cn1nc(-c2ccc(C)cc2C)ccc1=O. The largest absolute Gasteiger partial charge is 0.495 e. The summed E-state index contributed by atoms with van der Waals surface area (Å²) in [4.78, 5) is 24.6. The van der Waals surface area contributed by atoms with Gasteiger partial charge in [0, 0.05) is 16.7 Å². The van der Waals surface area contributed by atoms with Crippen molar-refractivity contribution in [3.8, 4) is 17.0 Å². The van der Waals surface area contributed by atoms with Crippen LogP contribution < -0.4 is 15.6 Å². The third-order valence-electron chi connectivity index (χ3n) is 4.25. The molecular formula is C21H20ClN3O3. The van der Waals surface area contributed by atoms with Crippen LogP contribution in [0.25, 0.3) is 11.3 Å². The molecule has 3 rings (SSSR count).